The fourth-order valence-corrected chi connectivity index (χ4v) is 2.24. The molecule has 6 heteroatoms. The summed E-state index contributed by atoms with van der Waals surface area (Å²) >= 11 is 0. The van der Waals surface area contributed by atoms with Gasteiger partial charge in [0.25, 0.3) is 0 Å². The molecule has 0 unspecified atom stereocenters. The van der Waals surface area contributed by atoms with Gasteiger partial charge in [-0.2, -0.15) is 0 Å². The van der Waals surface area contributed by atoms with E-state index >= 15 is 0 Å². The molecule has 0 saturated heterocycles. The van der Waals surface area contributed by atoms with Crippen LogP contribution in [0, 0.1) is 13.8 Å². The number of aryl methyl sites for hydroxylation is 2. The van der Waals surface area contributed by atoms with E-state index in [0.717, 1.165) is 5.56 Å². The molecule has 1 aromatic carbocycles. The molecule has 2 aromatic rings. The smallest absolute Gasteiger partial charge is 0.341 e. The number of carboxylic acids is 1. The maximum Gasteiger partial charge on any atom is 0.341 e. The van der Waals surface area contributed by atoms with E-state index < -0.39 is 5.97 Å². The van der Waals surface area contributed by atoms with Crippen LogP contribution < -0.4 is 9.47 Å². The molecule has 0 amide bonds. The van der Waals surface area contributed by atoms with Gasteiger partial charge in [-0.1, -0.05) is 5.16 Å². The molecule has 20 heavy (non-hydrogen) atoms. The molecule has 0 radical (unpaired) electrons. The average molecular weight is 275 g/mol. The van der Waals surface area contributed by atoms with Gasteiger partial charge in [0.2, 0.25) is 0 Å². The summed E-state index contributed by atoms with van der Waals surface area (Å²) in [5.74, 6) is 0.422. The van der Waals surface area contributed by atoms with Gasteiger partial charge < -0.3 is 19.1 Å². The molecule has 3 rings (SSSR count). The molecule has 1 N–H and O–H groups in total. The van der Waals surface area contributed by atoms with Crippen molar-refractivity contribution >= 4 is 5.97 Å². The summed E-state index contributed by atoms with van der Waals surface area (Å²) in [4.78, 5) is 11.3. The quantitative estimate of drug-likeness (QED) is 0.906. The lowest BCUT2D eigenvalue weighted by Crippen LogP contribution is -2.15. The van der Waals surface area contributed by atoms with Gasteiger partial charge >= 0.3 is 5.97 Å². The highest BCUT2D eigenvalue weighted by molar-refractivity contribution is 5.96. The van der Waals surface area contributed by atoms with Crippen molar-refractivity contribution in [3.05, 3.63) is 29.0 Å². The first-order valence-corrected chi connectivity index (χ1v) is 6.18. The maximum absolute atomic E-state index is 11.3. The SMILES string of the molecule is Cc1cc2c(cc1-c1onc(C)c1C(=O)O)OCCO2. The number of fused-ring (bicyclic) bond motifs is 1. The van der Waals surface area contributed by atoms with Crippen molar-refractivity contribution < 1.29 is 23.9 Å². The number of ether oxygens (including phenoxy) is 2. The summed E-state index contributed by atoms with van der Waals surface area (Å²) < 4.78 is 16.2. The maximum atomic E-state index is 11.3. The van der Waals surface area contributed by atoms with Crippen molar-refractivity contribution in [2.75, 3.05) is 13.2 Å². The lowest BCUT2D eigenvalue weighted by Gasteiger charge is -2.19. The summed E-state index contributed by atoms with van der Waals surface area (Å²) in [6, 6.07) is 3.55. The van der Waals surface area contributed by atoms with Gasteiger partial charge in [0.05, 0.1) is 5.69 Å². The lowest BCUT2D eigenvalue weighted by molar-refractivity contribution is 0.0696. The second-order valence-corrected chi connectivity index (χ2v) is 4.59. The van der Waals surface area contributed by atoms with Crippen LogP contribution in [0.5, 0.6) is 11.5 Å². The number of rotatable bonds is 2. The van der Waals surface area contributed by atoms with Crippen molar-refractivity contribution in [3.63, 3.8) is 0 Å². The molecule has 0 bridgehead atoms. The molecule has 0 fully saturated rings. The molecule has 1 aliphatic rings. The second-order valence-electron chi connectivity index (χ2n) is 4.59. The Morgan fingerprint density at radius 3 is 2.50 bits per heavy atom. The minimum absolute atomic E-state index is 0.0739. The Kier molecular flexibility index (Phi) is 2.85. The highest BCUT2D eigenvalue weighted by Crippen LogP contribution is 2.38. The number of hydrogen-bond donors (Lipinski definition) is 1. The lowest BCUT2D eigenvalue weighted by atomic mass is 10.0. The van der Waals surface area contributed by atoms with E-state index in [1.165, 1.54) is 0 Å². The Balaban J connectivity index is 2.18. The van der Waals surface area contributed by atoms with Gasteiger partial charge in [-0.25, -0.2) is 4.79 Å². The Bertz CT molecular complexity index is 689. The number of carboxylic acid groups (broad SMARTS) is 1. The molecule has 6 nitrogen and oxygen atoms in total. The van der Waals surface area contributed by atoms with Crippen molar-refractivity contribution in [1.29, 1.82) is 0 Å². The average Bonchev–Trinajstić information content (AvgIpc) is 2.79. The second kappa shape index (κ2) is 4.56. The zero-order valence-corrected chi connectivity index (χ0v) is 11.1. The Hall–Kier alpha value is -2.50. The fourth-order valence-electron chi connectivity index (χ4n) is 2.24. The normalized spacial score (nSPS) is 13.3. The van der Waals surface area contributed by atoms with Gasteiger partial charge in [0, 0.05) is 5.56 Å². The molecular formula is C14H13NO5. The molecule has 0 spiro atoms. The molecule has 1 aliphatic heterocycles. The number of benzene rings is 1. The molecule has 104 valence electrons. The van der Waals surface area contributed by atoms with Crippen LogP contribution in [0.25, 0.3) is 11.3 Å². The van der Waals surface area contributed by atoms with Crippen LogP contribution in [0.1, 0.15) is 21.6 Å². The fraction of sp³-hybridized carbons (Fsp3) is 0.286. The van der Waals surface area contributed by atoms with E-state index in [9.17, 15) is 9.90 Å². The first-order chi connectivity index (χ1) is 9.58. The molecule has 0 saturated carbocycles. The van der Waals surface area contributed by atoms with E-state index in [2.05, 4.69) is 5.16 Å². The summed E-state index contributed by atoms with van der Waals surface area (Å²) in [6.45, 7) is 4.44. The standard InChI is InChI=1S/C14H13NO5/c1-7-5-10-11(19-4-3-18-10)6-9(7)13-12(14(16)17)8(2)15-20-13/h5-6H,3-4H2,1-2H3,(H,16,17). The third kappa shape index (κ3) is 1.89. The summed E-state index contributed by atoms with van der Waals surface area (Å²) in [5, 5.41) is 13.0. The van der Waals surface area contributed by atoms with Crippen LogP contribution in [-0.2, 0) is 0 Å². The van der Waals surface area contributed by atoms with Crippen molar-refractivity contribution in [1.82, 2.24) is 5.16 Å². The van der Waals surface area contributed by atoms with Crippen LogP contribution in [0.2, 0.25) is 0 Å². The number of nitrogens with zero attached hydrogens (tertiary/aromatic N) is 1. The molecular weight excluding hydrogens is 262 g/mol. The Morgan fingerprint density at radius 2 is 1.85 bits per heavy atom. The Morgan fingerprint density at radius 1 is 1.20 bits per heavy atom. The van der Waals surface area contributed by atoms with Crippen molar-refractivity contribution in [2.45, 2.75) is 13.8 Å². The number of hydrogen-bond acceptors (Lipinski definition) is 5. The molecule has 0 atom stereocenters. The van der Waals surface area contributed by atoms with Crippen LogP contribution in [-0.4, -0.2) is 29.4 Å². The summed E-state index contributed by atoms with van der Waals surface area (Å²) in [5.41, 5.74) is 1.91. The van der Waals surface area contributed by atoms with Gasteiger partial charge in [-0.05, 0) is 31.5 Å². The van der Waals surface area contributed by atoms with Gasteiger partial charge in [-0.15, -0.1) is 0 Å². The van der Waals surface area contributed by atoms with E-state index in [1.807, 2.05) is 13.0 Å². The van der Waals surface area contributed by atoms with E-state index in [0.29, 0.717) is 36.0 Å². The van der Waals surface area contributed by atoms with Gasteiger partial charge in [0.1, 0.15) is 18.8 Å². The molecule has 2 heterocycles. The predicted molar refractivity (Wildman–Crippen MR) is 69.4 cm³/mol. The molecule has 0 aliphatic carbocycles. The van der Waals surface area contributed by atoms with E-state index in [1.54, 1.807) is 13.0 Å². The highest BCUT2D eigenvalue weighted by atomic mass is 16.6. The van der Waals surface area contributed by atoms with E-state index in [-0.39, 0.29) is 11.3 Å². The monoisotopic (exact) mass is 275 g/mol. The van der Waals surface area contributed by atoms with Crippen LogP contribution in [0.3, 0.4) is 0 Å². The predicted octanol–water partition coefficient (Wildman–Crippen LogP) is 2.43. The number of carbonyl (C=O) groups is 1. The zero-order chi connectivity index (χ0) is 14.3. The third-order valence-corrected chi connectivity index (χ3v) is 3.21. The first-order valence-electron chi connectivity index (χ1n) is 6.18. The largest absolute Gasteiger partial charge is 0.486 e. The topological polar surface area (TPSA) is 81.8 Å². The zero-order valence-electron chi connectivity index (χ0n) is 11.1. The number of aromatic nitrogens is 1. The van der Waals surface area contributed by atoms with Crippen LogP contribution in [0.15, 0.2) is 16.7 Å². The van der Waals surface area contributed by atoms with Crippen LogP contribution in [0.4, 0.5) is 0 Å². The summed E-state index contributed by atoms with van der Waals surface area (Å²) in [6.07, 6.45) is 0. The van der Waals surface area contributed by atoms with Gasteiger partial charge in [0.15, 0.2) is 17.3 Å². The van der Waals surface area contributed by atoms with Crippen molar-refractivity contribution in [3.8, 4) is 22.8 Å². The minimum atomic E-state index is -1.06. The van der Waals surface area contributed by atoms with Crippen LogP contribution >= 0.6 is 0 Å². The number of aromatic carboxylic acids is 1. The molecule has 1 aromatic heterocycles. The third-order valence-electron chi connectivity index (χ3n) is 3.21. The Labute approximate surface area is 114 Å². The summed E-state index contributed by atoms with van der Waals surface area (Å²) in [7, 11) is 0. The van der Waals surface area contributed by atoms with Crippen molar-refractivity contribution in [2.24, 2.45) is 0 Å². The highest BCUT2D eigenvalue weighted by Gasteiger charge is 2.24. The van der Waals surface area contributed by atoms with Gasteiger partial charge in [-0.3, -0.25) is 0 Å². The first kappa shape index (κ1) is 12.5. The van der Waals surface area contributed by atoms with E-state index in [4.69, 9.17) is 14.0 Å². The minimum Gasteiger partial charge on any atom is -0.486 e.